The third-order valence-corrected chi connectivity index (χ3v) is 3.69. The first-order chi connectivity index (χ1) is 9.75. The van der Waals surface area contributed by atoms with Crippen LogP contribution >= 0.6 is 11.8 Å². The van der Waals surface area contributed by atoms with Crippen molar-refractivity contribution < 1.29 is 9.90 Å². The van der Waals surface area contributed by atoms with Gasteiger partial charge in [-0.3, -0.25) is 14.3 Å². The number of carboxylic acid groups (broad SMARTS) is 1. The lowest BCUT2D eigenvalue weighted by atomic mass is 10.1. The fraction of sp³-hybridized carbons (Fsp3) is 0.0769. The third-order valence-electron chi connectivity index (χ3n) is 2.76. The maximum absolute atomic E-state index is 10.7. The first kappa shape index (κ1) is 12.6. The highest BCUT2D eigenvalue weighted by Gasteiger charge is 2.11. The summed E-state index contributed by atoms with van der Waals surface area (Å²) in [5.41, 5.74) is 0.883. The fourth-order valence-corrected chi connectivity index (χ4v) is 2.56. The van der Waals surface area contributed by atoms with Crippen molar-refractivity contribution in [2.24, 2.45) is 0 Å². The van der Waals surface area contributed by atoms with Crippen LogP contribution in [0.15, 0.2) is 48.1 Å². The number of rotatable bonds is 4. The summed E-state index contributed by atoms with van der Waals surface area (Å²) in [4.78, 5) is 14.8. The van der Waals surface area contributed by atoms with Crippen molar-refractivity contribution in [1.29, 1.82) is 0 Å². The van der Waals surface area contributed by atoms with Gasteiger partial charge in [-0.1, -0.05) is 23.9 Å². The smallest absolute Gasteiger partial charge is 0.313 e. The van der Waals surface area contributed by atoms with Crippen LogP contribution in [0.3, 0.4) is 0 Å². The van der Waals surface area contributed by atoms with Crippen LogP contribution in [0, 0.1) is 0 Å². The number of hydrogen-bond donors (Lipinski definition) is 1. The zero-order valence-electron chi connectivity index (χ0n) is 10.3. The summed E-state index contributed by atoms with van der Waals surface area (Å²) in [6, 6.07) is 7.78. The van der Waals surface area contributed by atoms with Crippen LogP contribution in [0.4, 0.5) is 0 Å². The molecule has 100 valence electrons. The second-order valence-corrected chi connectivity index (χ2v) is 4.98. The first-order valence-electron chi connectivity index (χ1n) is 5.83. The molecule has 2 heterocycles. The predicted octanol–water partition coefficient (Wildman–Crippen LogP) is 1.99. The van der Waals surface area contributed by atoms with E-state index in [0.717, 1.165) is 28.2 Å². The molecule has 0 bridgehead atoms. The van der Waals surface area contributed by atoms with Crippen LogP contribution in [0.5, 0.6) is 0 Å². The van der Waals surface area contributed by atoms with Gasteiger partial charge >= 0.3 is 5.97 Å². The number of hydrogen-bond acceptors (Lipinski definition) is 5. The molecule has 0 aliphatic carbocycles. The Morgan fingerprint density at radius 1 is 1.35 bits per heavy atom. The van der Waals surface area contributed by atoms with Gasteiger partial charge in [0.1, 0.15) is 6.33 Å². The number of benzene rings is 1. The summed E-state index contributed by atoms with van der Waals surface area (Å²) in [6.07, 6.45) is 5.08. The molecular weight excluding hydrogens is 276 g/mol. The molecule has 1 N–H and O–H groups in total. The average molecular weight is 286 g/mol. The maximum Gasteiger partial charge on any atom is 0.313 e. The summed E-state index contributed by atoms with van der Waals surface area (Å²) >= 11 is 1.13. The second-order valence-electron chi connectivity index (χ2n) is 4.04. The van der Waals surface area contributed by atoms with Gasteiger partial charge in [0.15, 0.2) is 5.16 Å². The first-order valence-corrected chi connectivity index (χ1v) is 6.82. The van der Waals surface area contributed by atoms with Crippen LogP contribution in [-0.4, -0.2) is 36.6 Å². The van der Waals surface area contributed by atoms with Crippen LogP contribution < -0.4 is 0 Å². The van der Waals surface area contributed by atoms with Crippen LogP contribution in [0.25, 0.3) is 16.5 Å². The van der Waals surface area contributed by atoms with Gasteiger partial charge in [-0.15, -0.1) is 10.2 Å². The van der Waals surface area contributed by atoms with E-state index in [1.54, 1.807) is 23.3 Å². The Morgan fingerprint density at radius 2 is 2.25 bits per heavy atom. The van der Waals surface area contributed by atoms with E-state index in [-0.39, 0.29) is 5.75 Å². The largest absolute Gasteiger partial charge is 0.481 e. The molecule has 0 atom stereocenters. The van der Waals surface area contributed by atoms with E-state index in [0.29, 0.717) is 5.16 Å². The van der Waals surface area contributed by atoms with Crippen molar-refractivity contribution in [1.82, 2.24) is 19.7 Å². The molecule has 0 aliphatic rings. The molecule has 0 radical (unpaired) electrons. The van der Waals surface area contributed by atoms with E-state index in [2.05, 4.69) is 15.2 Å². The molecule has 0 fully saturated rings. The van der Waals surface area contributed by atoms with Gasteiger partial charge in [-0.2, -0.15) is 0 Å². The van der Waals surface area contributed by atoms with Crippen LogP contribution in [0.1, 0.15) is 0 Å². The van der Waals surface area contributed by atoms with E-state index in [1.165, 1.54) is 0 Å². The van der Waals surface area contributed by atoms with Gasteiger partial charge < -0.3 is 5.11 Å². The standard InChI is InChI=1S/C13H10N4O2S/c18-12(19)7-20-13-16-15-8-17(13)11-3-1-2-9-4-5-14-6-10(9)11/h1-6,8H,7H2,(H,18,19). The average Bonchev–Trinajstić information content (AvgIpc) is 2.92. The SMILES string of the molecule is O=C(O)CSc1nncn1-c1cccc2ccncc12. The number of pyridine rings is 1. The number of thioether (sulfide) groups is 1. The van der Waals surface area contributed by atoms with Crippen molar-refractivity contribution >= 4 is 28.5 Å². The number of aliphatic carboxylic acids is 1. The summed E-state index contributed by atoms with van der Waals surface area (Å²) in [5, 5.41) is 19.1. The minimum Gasteiger partial charge on any atom is -0.481 e. The molecule has 0 saturated heterocycles. The van der Waals surface area contributed by atoms with Crippen molar-refractivity contribution in [2.75, 3.05) is 5.75 Å². The normalized spacial score (nSPS) is 10.8. The molecule has 0 unspecified atom stereocenters. The monoisotopic (exact) mass is 286 g/mol. The molecule has 0 amide bonds. The van der Waals surface area contributed by atoms with Gasteiger partial charge in [0.25, 0.3) is 0 Å². The lowest BCUT2D eigenvalue weighted by Gasteiger charge is -2.08. The molecule has 0 spiro atoms. The quantitative estimate of drug-likeness (QED) is 0.739. The Hall–Kier alpha value is -2.41. The Kier molecular flexibility index (Phi) is 3.34. The third kappa shape index (κ3) is 2.35. The molecule has 3 aromatic rings. The van der Waals surface area contributed by atoms with Crippen molar-refractivity contribution in [3.05, 3.63) is 43.0 Å². The maximum atomic E-state index is 10.7. The lowest BCUT2D eigenvalue weighted by molar-refractivity contribution is -0.133. The topological polar surface area (TPSA) is 80.9 Å². The molecule has 7 heteroatoms. The van der Waals surface area contributed by atoms with E-state index in [9.17, 15) is 4.79 Å². The minimum atomic E-state index is -0.885. The number of carbonyl (C=O) groups is 1. The van der Waals surface area contributed by atoms with Crippen molar-refractivity contribution in [3.8, 4) is 5.69 Å². The summed E-state index contributed by atoms with van der Waals surface area (Å²) in [5.74, 6) is -0.939. The predicted molar refractivity (Wildman–Crippen MR) is 75.0 cm³/mol. The van der Waals surface area contributed by atoms with E-state index < -0.39 is 5.97 Å². The summed E-state index contributed by atoms with van der Waals surface area (Å²) < 4.78 is 1.78. The molecule has 3 rings (SSSR count). The Balaban J connectivity index is 2.08. The Bertz CT molecular complexity index is 766. The minimum absolute atomic E-state index is 0.0539. The Morgan fingerprint density at radius 3 is 3.10 bits per heavy atom. The summed E-state index contributed by atoms with van der Waals surface area (Å²) in [6.45, 7) is 0. The van der Waals surface area contributed by atoms with E-state index in [1.807, 2.05) is 24.3 Å². The molecule has 2 aromatic heterocycles. The second kappa shape index (κ2) is 5.30. The molecule has 20 heavy (non-hydrogen) atoms. The Labute approximate surface area is 118 Å². The highest BCUT2D eigenvalue weighted by Crippen LogP contribution is 2.25. The number of fused-ring (bicyclic) bond motifs is 1. The molecule has 0 aliphatic heterocycles. The van der Waals surface area contributed by atoms with Gasteiger partial charge in [0.2, 0.25) is 0 Å². The van der Waals surface area contributed by atoms with Gasteiger partial charge in [0, 0.05) is 17.8 Å². The molecule has 6 nitrogen and oxygen atoms in total. The number of nitrogens with zero attached hydrogens (tertiary/aromatic N) is 4. The fourth-order valence-electron chi connectivity index (χ4n) is 1.92. The zero-order valence-corrected chi connectivity index (χ0v) is 11.1. The van der Waals surface area contributed by atoms with Gasteiger partial charge in [-0.25, -0.2) is 0 Å². The molecular formula is C13H10N4O2S. The van der Waals surface area contributed by atoms with Gasteiger partial charge in [-0.05, 0) is 17.5 Å². The van der Waals surface area contributed by atoms with Crippen LogP contribution in [-0.2, 0) is 4.79 Å². The summed E-state index contributed by atoms with van der Waals surface area (Å²) in [7, 11) is 0. The number of aromatic nitrogens is 4. The molecule has 0 saturated carbocycles. The molecule has 1 aromatic carbocycles. The lowest BCUT2D eigenvalue weighted by Crippen LogP contribution is -2.01. The van der Waals surface area contributed by atoms with Crippen LogP contribution in [0.2, 0.25) is 0 Å². The van der Waals surface area contributed by atoms with E-state index >= 15 is 0 Å². The highest BCUT2D eigenvalue weighted by atomic mass is 32.2. The van der Waals surface area contributed by atoms with Gasteiger partial charge in [0.05, 0.1) is 11.4 Å². The van der Waals surface area contributed by atoms with Crippen molar-refractivity contribution in [2.45, 2.75) is 5.16 Å². The highest BCUT2D eigenvalue weighted by molar-refractivity contribution is 7.99. The zero-order chi connectivity index (χ0) is 13.9. The van der Waals surface area contributed by atoms with E-state index in [4.69, 9.17) is 5.11 Å². The number of carboxylic acids is 1. The van der Waals surface area contributed by atoms with Crippen molar-refractivity contribution in [3.63, 3.8) is 0 Å².